The van der Waals surface area contributed by atoms with Gasteiger partial charge in [-0.25, -0.2) is 0 Å². The molecule has 1 rings (SSSR count). The highest BCUT2D eigenvalue weighted by Crippen LogP contribution is 2.13. The Morgan fingerprint density at radius 2 is 2.33 bits per heavy atom. The minimum absolute atomic E-state index is 1.06. The molecule has 0 atom stereocenters. The molecule has 0 aliphatic carbocycles. The van der Waals surface area contributed by atoms with Crippen LogP contribution in [0, 0.1) is 6.92 Å². The van der Waals surface area contributed by atoms with E-state index in [-0.39, 0.29) is 0 Å². The first kappa shape index (κ1) is 9.59. The van der Waals surface area contributed by atoms with E-state index in [1.807, 2.05) is 24.0 Å². The number of nitrogens with zero attached hydrogens (tertiary/aromatic N) is 1. The minimum atomic E-state index is 1.06. The van der Waals surface area contributed by atoms with E-state index in [4.69, 9.17) is 0 Å². The Labute approximate surface area is 78.6 Å². The van der Waals surface area contributed by atoms with Gasteiger partial charge in [0.2, 0.25) is 0 Å². The Balaban J connectivity index is 2.46. The molecule has 12 heavy (non-hydrogen) atoms. The third-order valence-corrected chi connectivity index (χ3v) is 2.88. The number of thioether (sulfide) groups is 1. The monoisotopic (exact) mass is 181 g/mol. The van der Waals surface area contributed by atoms with Crippen molar-refractivity contribution >= 4 is 11.8 Å². The van der Waals surface area contributed by atoms with Gasteiger partial charge >= 0.3 is 0 Å². The van der Waals surface area contributed by atoms with Crippen molar-refractivity contribution in [2.45, 2.75) is 26.0 Å². The average molecular weight is 181 g/mol. The predicted molar refractivity (Wildman–Crippen MR) is 55.4 cm³/mol. The zero-order chi connectivity index (χ0) is 8.81. The quantitative estimate of drug-likeness (QED) is 0.662. The van der Waals surface area contributed by atoms with Crippen LogP contribution in [-0.4, -0.2) is 10.7 Å². The van der Waals surface area contributed by atoms with Gasteiger partial charge in [-0.05, 0) is 30.7 Å². The summed E-state index contributed by atoms with van der Waals surface area (Å²) in [7, 11) is 0. The van der Waals surface area contributed by atoms with E-state index in [2.05, 4.69) is 24.9 Å². The van der Waals surface area contributed by atoms with Gasteiger partial charge in [0.25, 0.3) is 0 Å². The van der Waals surface area contributed by atoms with E-state index in [9.17, 15) is 0 Å². The van der Waals surface area contributed by atoms with E-state index in [1.165, 1.54) is 23.4 Å². The first-order chi connectivity index (χ1) is 5.84. The molecule has 66 valence electrons. The maximum atomic E-state index is 4.33. The summed E-state index contributed by atoms with van der Waals surface area (Å²) in [5.74, 6) is 2.29. The van der Waals surface area contributed by atoms with Crippen LogP contribution >= 0.6 is 11.8 Å². The predicted octanol–water partition coefficient (Wildman–Crippen LogP) is 3.03. The second-order valence-electron chi connectivity index (χ2n) is 2.82. The molecule has 1 aromatic rings. The van der Waals surface area contributed by atoms with E-state index < -0.39 is 0 Å². The number of hydrogen-bond acceptors (Lipinski definition) is 2. The van der Waals surface area contributed by atoms with Gasteiger partial charge in [0.1, 0.15) is 0 Å². The molecule has 0 unspecified atom stereocenters. The lowest BCUT2D eigenvalue weighted by atomic mass is 10.2. The van der Waals surface area contributed by atoms with E-state index in [0.29, 0.717) is 0 Å². The van der Waals surface area contributed by atoms with Crippen LogP contribution in [0.5, 0.6) is 0 Å². The van der Waals surface area contributed by atoms with Gasteiger partial charge in [0, 0.05) is 11.9 Å². The highest BCUT2D eigenvalue weighted by Gasteiger charge is 1.97. The maximum absolute atomic E-state index is 4.33. The molecule has 0 aliphatic rings. The van der Waals surface area contributed by atoms with Crippen LogP contribution in [-0.2, 0) is 5.75 Å². The van der Waals surface area contributed by atoms with E-state index in [1.54, 1.807) is 0 Å². The SMILES string of the molecule is CCCSCc1ncccc1C. The van der Waals surface area contributed by atoms with Crippen LogP contribution in [0.1, 0.15) is 24.6 Å². The van der Waals surface area contributed by atoms with Gasteiger partial charge < -0.3 is 0 Å². The molecule has 0 saturated heterocycles. The summed E-state index contributed by atoms with van der Waals surface area (Å²) < 4.78 is 0. The molecule has 0 radical (unpaired) electrons. The lowest BCUT2D eigenvalue weighted by molar-refractivity contribution is 1.09. The van der Waals surface area contributed by atoms with Crippen molar-refractivity contribution in [1.82, 2.24) is 4.98 Å². The summed E-state index contributed by atoms with van der Waals surface area (Å²) >= 11 is 1.96. The van der Waals surface area contributed by atoms with Crippen molar-refractivity contribution in [2.75, 3.05) is 5.75 Å². The largest absolute Gasteiger partial charge is 0.260 e. The van der Waals surface area contributed by atoms with Crippen molar-refractivity contribution in [1.29, 1.82) is 0 Å². The third-order valence-electron chi connectivity index (χ3n) is 1.71. The van der Waals surface area contributed by atoms with Crippen molar-refractivity contribution in [3.8, 4) is 0 Å². The standard InChI is InChI=1S/C10H15NS/c1-3-7-12-8-10-9(2)5-4-6-11-10/h4-6H,3,7-8H2,1-2H3. The first-order valence-electron chi connectivity index (χ1n) is 4.33. The Morgan fingerprint density at radius 3 is 3.00 bits per heavy atom. The zero-order valence-electron chi connectivity index (χ0n) is 7.71. The van der Waals surface area contributed by atoms with Gasteiger partial charge in [-0.15, -0.1) is 0 Å². The fourth-order valence-corrected chi connectivity index (χ4v) is 1.91. The Kier molecular flexibility index (Phi) is 4.15. The molecule has 0 N–H and O–H groups in total. The van der Waals surface area contributed by atoms with Crippen molar-refractivity contribution in [3.63, 3.8) is 0 Å². The normalized spacial score (nSPS) is 10.2. The first-order valence-corrected chi connectivity index (χ1v) is 5.48. The van der Waals surface area contributed by atoms with Gasteiger partial charge in [-0.1, -0.05) is 13.0 Å². The molecule has 0 bridgehead atoms. The highest BCUT2D eigenvalue weighted by atomic mass is 32.2. The molecule has 0 aliphatic heterocycles. The average Bonchev–Trinajstić information content (AvgIpc) is 2.09. The van der Waals surface area contributed by atoms with Gasteiger partial charge in [-0.3, -0.25) is 4.98 Å². The van der Waals surface area contributed by atoms with Crippen LogP contribution in [0.2, 0.25) is 0 Å². The second kappa shape index (κ2) is 5.20. The molecule has 1 nitrogen and oxygen atoms in total. The summed E-state index contributed by atoms with van der Waals surface area (Å²) in [6.45, 7) is 4.33. The number of pyridine rings is 1. The fourth-order valence-electron chi connectivity index (χ4n) is 0.983. The zero-order valence-corrected chi connectivity index (χ0v) is 8.53. The van der Waals surface area contributed by atoms with Crippen LogP contribution in [0.25, 0.3) is 0 Å². The smallest absolute Gasteiger partial charge is 0.0531 e. The Morgan fingerprint density at radius 1 is 1.50 bits per heavy atom. The highest BCUT2D eigenvalue weighted by molar-refractivity contribution is 7.98. The van der Waals surface area contributed by atoms with Crippen LogP contribution in [0.4, 0.5) is 0 Å². The molecule has 0 saturated carbocycles. The number of hydrogen-bond donors (Lipinski definition) is 0. The van der Waals surface area contributed by atoms with Gasteiger partial charge in [-0.2, -0.15) is 11.8 Å². The Bertz CT molecular complexity index is 235. The van der Waals surface area contributed by atoms with Crippen LogP contribution in [0.15, 0.2) is 18.3 Å². The van der Waals surface area contributed by atoms with E-state index in [0.717, 1.165) is 5.75 Å². The minimum Gasteiger partial charge on any atom is -0.260 e. The van der Waals surface area contributed by atoms with Gasteiger partial charge in [0.05, 0.1) is 5.69 Å². The number of aryl methyl sites for hydroxylation is 1. The molecule has 0 spiro atoms. The summed E-state index contributed by atoms with van der Waals surface area (Å²) in [5, 5.41) is 0. The molecule has 1 aromatic heterocycles. The van der Waals surface area contributed by atoms with Crippen LogP contribution < -0.4 is 0 Å². The molecule has 0 fully saturated rings. The summed E-state index contributed by atoms with van der Waals surface area (Å²) in [5.41, 5.74) is 2.54. The van der Waals surface area contributed by atoms with Crippen molar-refractivity contribution in [2.24, 2.45) is 0 Å². The van der Waals surface area contributed by atoms with Crippen molar-refractivity contribution < 1.29 is 0 Å². The summed E-state index contributed by atoms with van der Waals surface area (Å²) in [6.07, 6.45) is 3.12. The molecule has 0 amide bonds. The lowest BCUT2D eigenvalue weighted by Crippen LogP contribution is -1.90. The third kappa shape index (κ3) is 2.86. The second-order valence-corrected chi connectivity index (χ2v) is 3.92. The molecular weight excluding hydrogens is 166 g/mol. The summed E-state index contributed by atoms with van der Waals surface area (Å²) in [4.78, 5) is 4.33. The topological polar surface area (TPSA) is 12.9 Å². The summed E-state index contributed by atoms with van der Waals surface area (Å²) in [6, 6.07) is 4.11. The fraction of sp³-hybridized carbons (Fsp3) is 0.500. The lowest BCUT2D eigenvalue weighted by Gasteiger charge is -2.02. The molecule has 2 heteroatoms. The molecular formula is C10H15NS. The molecule has 0 aromatic carbocycles. The van der Waals surface area contributed by atoms with Crippen molar-refractivity contribution in [3.05, 3.63) is 29.6 Å². The van der Waals surface area contributed by atoms with E-state index >= 15 is 0 Å². The number of aromatic nitrogens is 1. The van der Waals surface area contributed by atoms with Gasteiger partial charge in [0.15, 0.2) is 0 Å². The molecule has 1 heterocycles. The number of rotatable bonds is 4. The maximum Gasteiger partial charge on any atom is 0.0531 e. The van der Waals surface area contributed by atoms with Crippen LogP contribution in [0.3, 0.4) is 0 Å². The Hall–Kier alpha value is -0.500.